The Kier molecular flexibility index (Phi) is 3.62. The maximum Gasteiger partial charge on any atom is 0.319 e. The molecule has 2 aromatic rings. The van der Waals surface area contributed by atoms with Crippen molar-refractivity contribution < 1.29 is 9.90 Å². The standard InChI is InChI=1S/C15H18N4O2/c1-2-19-9-11(8-16-19)17-15(21)18-14-12-6-4-3-5-10(12)7-13(14)20/h3-6,8-9,13-14,20H,2,7H2,1H3,(H2,17,18,21)/t13-,14+/m0/s1. The van der Waals surface area contributed by atoms with Gasteiger partial charge in [0.2, 0.25) is 0 Å². The van der Waals surface area contributed by atoms with Gasteiger partial charge in [-0.1, -0.05) is 24.3 Å². The number of aryl methyl sites for hydroxylation is 1. The summed E-state index contributed by atoms with van der Waals surface area (Å²) in [7, 11) is 0. The fourth-order valence-corrected chi connectivity index (χ4v) is 2.66. The molecule has 1 aliphatic carbocycles. The predicted molar refractivity (Wildman–Crippen MR) is 78.9 cm³/mol. The SMILES string of the molecule is CCn1cc(NC(=O)N[C@@H]2c3ccccc3C[C@@H]2O)cn1. The van der Waals surface area contributed by atoms with E-state index in [2.05, 4.69) is 15.7 Å². The number of hydrogen-bond donors (Lipinski definition) is 3. The monoisotopic (exact) mass is 286 g/mol. The Hall–Kier alpha value is -2.34. The lowest BCUT2D eigenvalue weighted by Crippen LogP contribution is -2.36. The molecule has 21 heavy (non-hydrogen) atoms. The van der Waals surface area contributed by atoms with Gasteiger partial charge in [0.15, 0.2) is 0 Å². The number of anilines is 1. The van der Waals surface area contributed by atoms with E-state index in [9.17, 15) is 9.90 Å². The lowest BCUT2D eigenvalue weighted by molar-refractivity contribution is 0.144. The average molecular weight is 286 g/mol. The van der Waals surface area contributed by atoms with E-state index in [0.717, 1.165) is 17.7 Å². The summed E-state index contributed by atoms with van der Waals surface area (Å²) in [5.74, 6) is 0. The van der Waals surface area contributed by atoms with Crippen molar-refractivity contribution >= 4 is 11.7 Å². The molecule has 0 saturated carbocycles. The first-order chi connectivity index (χ1) is 10.2. The van der Waals surface area contributed by atoms with Crippen LogP contribution >= 0.6 is 0 Å². The quantitative estimate of drug-likeness (QED) is 0.803. The topological polar surface area (TPSA) is 79.2 Å². The first-order valence-electron chi connectivity index (χ1n) is 7.03. The summed E-state index contributed by atoms with van der Waals surface area (Å²) in [6.45, 7) is 2.72. The van der Waals surface area contributed by atoms with Crippen LogP contribution in [0, 0.1) is 0 Å². The molecule has 3 N–H and O–H groups in total. The molecule has 0 spiro atoms. The number of nitrogens with zero attached hydrogens (tertiary/aromatic N) is 2. The van der Waals surface area contributed by atoms with Gasteiger partial charge in [-0.2, -0.15) is 5.10 Å². The Labute approximate surface area is 122 Å². The van der Waals surface area contributed by atoms with Crippen molar-refractivity contribution in [2.75, 3.05) is 5.32 Å². The Bertz CT molecular complexity index is 653. The fourth-order valence-electron chi connectivity index (χ4n) is 2.66. The van der Waals surface area contributed by atoms with E-state index < -0.39 is 6.10 Å². The van der Waals surface area contributed by atoms with E-state index in [1.54, 1.807) is 17.1 Å². The van der Waals surface area contributed by atoms with Crippen LogP contribution in [-0.4, -0.2) is 27.0 Å². The van der Waals surface area contributed by atoms with E-state index in [-0.39, 0.29) is 12.1 Å². The number of benzene rings is 1. The number of nitrogens with one attached hydrogen (secondary N) is 2. The summed E-state index contributed by atoms with van der Waals surface area (Å²) in [6, 6.07) is 7.05. The zero-order valence-electron chi connectivity index (χ0n) is 11.8. The van der Waals surface area contributed by atoms with Crippen molar-refractivity contribution in [3.8, 4) is 0 Å². The van der Waals surface area contributed by atoms with Gasteiger partial charge in [0.25, 0.3) is 0 Å². The molecule has 0 bridgehead atoms. The normalized spacial score (nSPS) is 20.1. The molecule has 2 amide bonds. The number of fused-ring (bicyclic) bond motifs is 1. The Morgan fingerprint density at radius 3 is 3.05 bits per heavy atom. The Balaban J connectivity index is 1.67. The molecule has 1 heterocycles. The Morgan fingerprint density at radius 1 is 1.48 bits per heavy atom. The highest BCUT2D eigenvalue weighted by Crippen LogP contribution is 2.31. The number of rotatable bonds is 3. The van der Waals surface area contributed by atoms with Gasteiger partial charge in [0.1, 0.15) is 0 Å². The van der Waals surface area contributed by atoms with Crippen LogP contribution in [-0.2, 0) is 13.0 Å². The van der Waals surface area contributed by atoms with Crippen LogP contribution in [0.1, 0.15) is 24.1 Å². The molecule has 1 aromatic carbocycles. The van der Waals surface area contributed by atoms with E-state index in [1.807, 2.05) is 31.2 Å². The van der Waals surface area contributed by atoms with Gasteiger partial charge in [0, 0.05) is 19.2 Å². The van der Waals surface area contributed by atoms with E-state index in [4.69, 9.17) is 0 Å². The third-order valence-electron chi connectivity index (χ3n) is 3.71. The molecule has 2 atom stereocenters. The molecule has 0 unspecified atom stereocenters. The molecule has 0 radical (unpaired) electrons. The predicted octanol–water partition coefficient (Wildman–Crippen LogP) is 1.68. The Morgan fingerprint density at radius 2 is 2.29 bits per heavy atom. The smallest absolute Gasteiger partial charge is 0.319 e. The van der Waals surface area contributed by atoms with Crippen molar-refractivity contribution in [2.24, 2.45) is 0 Å². The van der Waals surface area contributed by atoms with Gasteiger partial charge in [-0.15, -0.1) is 0 Å². The third-order valence-corrected chi connectivity index (χ3v) is 3.71. The highest BCUT2D eigenvalue weighted by Gasteiger charge is 2.31. The highest BCUT2D eigenvalue weighted by atomic mass is 16.3. The van der Waals surface area contributed by atoms with Crippen molar-refractivity contribution in [2.45, 2.75) is 32.0 Å². The van der Waals surface area contributed by atoms with Crippen LogP contribution in [0.5, 0.6) is 0 Å². The van der Waals surface area contributed by atoms with Crippen LogP contribution in [0.25, 0.3) is 0 Å². The number of carbonyl (C=O) groups excluding carboxylic acids is 1. The molecule has 1 aromatic heterocycles. The number of aliphatic hydroxyl groups is 1. The molecule has 0 saturated heterocycles. The number of aliphatic hydroxyl groups excluding tert-OH is 1. The van der Waals surface area contributed by atoms with Gasteiger partial charge in [-0.25, -0.2) is 4.79 Å². The molecule has 6 heteroatoms. The minimum Gasteiger partial charge on any atom is -0.390 e. The zero-order valence-corrected chi connectivity index (χ0v) is 11.8. The molecule has 3 rings (SSSR count). The highest BCUT2D eigenvalue weighted by molar-refractivity contribution is 5.89. The second kappa shape index (κ2) is 5.57. The minimum absolute atomic E-state index is 0.341. The van der Waals surface area contributed by atoms with E-state index in [0.29, 0.717) is 12.1 Å². The van der Waals surface area contributed by atoms with Crippen LogP contribution in [0.15, 0.2) is 36.7 Å². The van der Waals surface area contributed by atoms with Gasteiger partial charge in [-0.05, 0) is 18.1 Å². The summed E-state index contributed by atoms with van der Waals surface area (Å²) in [4.78, 5) is 12.1. The maximum absolute atomic E-state index is 12.1. The number of aromatic nitrogens is 2. The van der Waals surface area contributed by atoms with Crippen molar-refractivity contribution in [3.63, 3.8) is 0 Å². The second-order valence-corrected chi connectivity index (χ2v) is 5.13. The van der Waals surface area contributed by atoms with E-state index >= 15 is 0 Å². The number of amides is 2. The first kappa shape index (κ1) is 13.6. The molecule has 6 nitrogen and oxygen atoms in total. The third kappa shape index (κ3) is 2.75. The van der Waals surface area contributed by atoms with Gasteiger partial charge in [0.05, 0.1) is 24.0 Å². The number of hydrogen-bond acceptors (Lipinski definition) is 3. The van der Waals surface area contributed by atoms with E-state index in [1.165, 1.54) is 0 Å². The molecule has 110 valence electrons. The fraction of sp³-hybridized carbons (Fsp3) is 0.333. The average Bonchev–Trinajstić information content (AvgIpc) is 3.04. The molecule has 0 fully saturated rings. The number of carbonyl (C=O) groups is 1. The van der Waals surface area contributed by atoms with Gasteiger partial charge < -0.3 is 15.7 Å². The number of urea groups is 1. The molecular weight excluding hydrogens is 268 g/mol. The van der Waals surface area contributed by atoms with Crippen LogP contribution in [0.3, 0.4) is 0 Å². The van der Waals surface area contributed by atoms with Crippen LogP contribution < -0.4 is 10.6 Å². The zero-order chi connectivity index (χ0) is 14.8. The largest absolute Gasteiger partial charge is 0.390 e. The lowest BCUT2D eigenvalue weighted by Gasteiger charge is -2.18. The molecule has 0 aliphatic heterocycles. The maximum atomic E-state index is 12.1. The molecular formula is C15H18N4O2. The van der Waals surface area contributed by atoms with Crippen molar-refractivity contribution in [1.82, 2.24) is 15.1 Å². The summed E-state index contributed by atoms with van der Waals surface area (Å²) < 4.78 is 1.73. The van der Waals surface area contributed by atoms with Crippen LogP contribution in [0.4, 0.5) is 10.5 Å². The first-order valence-corrected chi connectivity index (χ1v) is 7.03. The summed E-state index contributed by atoms with van der Waals surface area (Å²) in [6.07, 6.45) is 3.33. The summed E-state index contributed by atoms with van der Waals surface area (Å²) in [5, 5.41) is 19.8. The van der Waals surface area contributed by atoms with Crippen molar-refractivity contribution in [3.05, 3.63) is 47.8 Å². The summed E-state index contributed by atoms with van der Waals surface area (Å²) >= 11 is 0. The minimum atomic E-state index is -0.591. The summed E-state index contributed by atoms with van der Waals surface area (Å²) in [5.41, 5.74) is 2.69. The molecule has 1 aliphatic rings. The second-order valence-electron chi connectivity index (χ2n) is 5.13. The van der Waals surface area contributed by atoms with Gasteiger partial charge >= 0.3 is 6.03 Å². The lowest BCUT2D eigenvalue weighted by atomic mass is 10.1. The van der Waals surface area contributed by atoms with Crippen molar-refractivity contribution in [1.29, 1.82) is 0 Å². The van der Waals surface area contributed by atoms with Crippen LogP contribution in [0.2, 0.25) is 0 Å². The van der Waals surface area contributed by atoms with Gasteiger partial charge in [-0.3, -0.25) is 4.68 Å².